The fourth-order valence-corrected chi connectivity index (χ4v) is 3.51. The number of hydrogen-bond acceptors (Lipinski definition) is 5. The first kappa shape index (κ1) is 19.6. The number of aryl methyl sites for hydroxylation is 2. The lowest BCUT2D eigenvalue weighted by Gasteiger charge is -2.10. The highest BCUT2D eigenvalue weighted by atomic mass is 32.2. The smallest absolute Gasteiger partial charge is 0.251 e. The molecule has 0 fully saturated rings. The van der Waals surface area contributed by atoms with Crippen LogP contribution in [0.15, 0.2) is 53.7 Å². The molecule has 2 amide bonds. The van der Waals surface area contributed by atoms with Crippen molar-refractivity contribution >= 4 is 29.3 Å². The highest BCUT2D eigenvalue weighted by Gasteiger charge is 2.14. The van der Waals surface area contributed by atoms with Crippen LogP contribution in [0.5, 0.6) is 0 Å². The summed E-state index contributed by atoms with van der Waals surface area (Å²) >= 11 is 1.31. The minimum atomic E-state index is -0.202. The number of rotatable bonds is 6. The maximum atomic E-state index is 12.4. The largest absolute Gasteiger partial charge is 0.355 e. The summed E-state index contributed by atoms with van der Waals surface area (Å²) in [6.45, 7) is 3.90. The van der Waals surface area contributed by atoms with Crippen molar-refractivity contribution in [1.82, 2.24) is 20.1 Å². The number of amides is 2. The monoisotopic (exact) mass is 395 g/mol. The number of carbonyl (C=O) groups is 2. The first-order chi connectivity index (χ1) is 13.5. The predicted octanol–water partition coefficient (Wildman–Crippen LogP) is 2.97. The van der Waals surface area contributed by atoms with Crippen LogP contribution >= 0.6 is 11.8 Å². The van der Waals surface area contributed by atoms with E-state index in [0.717, 1.165) is 17.1 Å². The molecule has 1 heterocycles. The fraction of sp³-hybridized carbons (Fsp3) is 0.200. The average molecular weight is 395 g/mol. The summed E-state index contributed by atoms with van der Waals surface area (Å²) in [4.78, 5) is 24.1. The highest BCUT2D eigenvalue weighted by molar-refractivity contribution is 7.99. The number of aromatic nitrogens is 3. The molecule has 0 unspecified atom stereocenters. The molecule has 3 aromatic rings. The Balaban J connectivity index is 1.68. The number of carbonyl (C=O) groups excluding carboxylic acids is 2. The summed E-state index contributed by atoms with van der Waals surface area (Å²) in [6, 6.07) is 14.8. The van der Waals surface area contributed by atoms with E-state index in [-0.39, 0.29) is 17.6 Å². The molecule has 28 heavy (non-hydrogen) atoms. The standard InChI is InChI=1S/C20H21N5O2S/c1-13-6-4-9-17(10-13)25-14(2)23-24-20(25)28-12-18(26)22-16-8-5-7-15(11-16)19(27)21-3/h4-11H,12H2,1-3H3,(H,21,27)(H,22,26). The van der Waals surface area contributed by atoms with Gasteiger partial charge in [0.05, 0.1) is 5.75 Å². The Hall–Kier alpha value is -3.13. The lowest BCUT2D eigenvalue weighted by atomic mass is 10.2. The molecule has 1 aromatic heterocycles. The molecule has 2 aromatic carbocycles. The predicted molar refractivity (Wildman–Crippen MR) is 110 cm³/mol. The molecule has 0 bridgehead atoms. The van der Waals surface area contributed by atoms with Crippen molar-refractivity contribution in [3.05, 3.63) is 65.5 Å². The summed E-state index contributed by atoms with van der Waals surface area (Å²) in [5.41, 5.74) is 3.16. The number of benzene rings is 2. The van der Waals surface area contributed by atoms with E-state index >= 15 is 0 Å². The van der Waals surface area contributed by atoms with Gasteiger partial charge < -0.3 is 10.6 Å². The van der Waals surface area contributed by atoms with Crippen LogP contribution in [0, 0.1) is 13.8 Å². The van der Waals surface area contributed by atoms with Crippen LogP contribution in [-0.4, -0.2) is 39.4 Å². The molecule has 0 aliphatic rings. The van der Waals surface area contributed by atoms with E-state index in [1.165, 1.54) is 11.8 Å². The van der Waals surface area contributed by atoms with Crippen LogP contribution in [0.3, 0.4) is 0 Å². The Labute approximate surface area is 167 Å². The lowest BCUT2D eigenvalue weighted by molar-refractivity contribution is -0.113. The third kappa shape index (κ3) is 4.58. The van der Waals surface area contributed by atoms with Gasteiger partial charge in [-0.2, -0.15) is 0 Å². The van der Waals surface area contributed by atoms with Crippen LogP contribution in [-0.2, 0) is 4.79 Å². The molecule has 3 rings (SSSR count). The van der Waals surface area contributed by atoms with Crippen molar-refractivity contribution in [3.8, 4) is 5.69 Å². The van der Waals surface area contributed by atoms with Crippen molar-refractivity contribution in [2.45, 2.75) is 19.0 Å². The van der Waals surface area contributed by atoms with Gasteiger partial charge >= 0.3 is 0 Å². The van der Waals surface area contributed by atoms with E-state index in [1.54, 1.807) is 31.3 Å². The lowest BCUT2D eigenvalue weighted by Crippen LogP contribution is -2.19. The maximum absolute atomic E-state index is 12.4. The number of thioether (sulfide) groups is 1. The Bertz CT molecular complexity index is 1020. The molecule has 0 aliphatic heterocycles. The number of anilines is 1. The Morgan fingerprint density at radius 1 is 1.07 bits per heavy atom. The van der Waals surface area contributed by atoms with Gasteiger partial charge in [0.2, 0.25) is 5.91 Å². The van der Waals surface area contributed by atoms with Crippen molar-refractivity contribution < 1.29 is 9.59 Å². The third-order valence-electron chi connectivity index (χ3n) is 4.02. The fourth-order valence-electron chi connectivity index (χ4n) is 2.71. The number of nitrogens with one attached hydrogen (secondary N) is 2. The molecule has 7 nitrogen and oxygen atoms in total. The van der Waals surface area contributed by atoms with Crippen molar-refractivity contribution in [3.63, 3.8) is 0 Å². The number of hydrogen-bond donors (Lipinski definition) is 2. The maximum Gasteiger partial charge on any atom is 0.251 e. The minimum Gasteiger partial charge on any atom is -0.355 e. The highest BCUT2D eigenvalue weighted by Crippen LogP contribution is 2.22. The molecule has 0 atom stereocenters. The second-order valence-electron chi connectivity index (χ2n) is 6.20. The van der Waals surface area contributed by atoms with Gasteiger partial charge in [-0.3, -0.25) is 14.2 Å². The van der Waals surface area contributed by atoms with E-state index < -0.39 is 0 Å². The molecule has 144 valence electrons. The van der Waals surface area contributed by atoms with E-state index in [2.05, 4.69) is 20.8 Å². The molecule has 0 saturated heterocycles. The minimum absolute atomic E-state index is 0.175. The van der Waals surface area contributed by atoms with E-state index in [4.69, 9.17) is 0 Å². The zero-order chi connectivity index (χ0) is 20.1. The zero-order valence-electron chi connectivity index (χ0n) is 15.9. The first-order valence-electron chi connectivity index (χ1n) is 8.72. The normalized spacial score (nSPS) is 10.5. The molecular weight excluding hydrogens is 374 g/mol. The van der Waals surface area contributed by atoms with Crippen LogP contribution < -0.4 is 10.6 Å². The van der Waals surface area contributed by atoms with Crippen LogP contribution in [0.2, 0.25) is 0 Å². The van der Waals surface area contributed by atoms with Gasteiger partial charge in [-0.25, -0.2) is 0 Å². The van der Waals surface area contributed by atoms with Gasteiger partial charge in [-0.1, -0.05) is 30.0 Å². The van der Waals surface area contributed by atoms with Gasteiger partial charge in [-0.15, -0.1) is 10.2 Å². The van der Waals surface area contributed by atoms with Gasteiger partial charge in [0.25, 0.3) is 5.91 Å². The second kappa shape index (κ2) is 8.71. The topological polar surface area (TPSA) is 88.9 Å². The van der Waals surface area contributed by atoms with Gasteiger partial charge in [-0.05, 0) is 49.7 Å². The third-order valence-corrected chi connectivity index (χ3v) is 4.95. The molecule has 0 radical (unpaired) electrons. The summed E-state index contributed by atoms with van der Waals surface area (Å²) in [5, 5.41) is 14.4. The zero-order valence-corrected chi connectivity index (χ0v) is 16.7. The van der Waals surface area contributed by atoms with E-state index in [0.29, 0.717) is 16.4 Å². The van der Waals surface area contributed by atoms with Gasteiger partial charge in [0.1, 0.15) is 5.82 Å². The summed E-state index contributed by atoms with van der Waals surface area (Å²) in [6.07, 6.45) is 0. The number of nitrogens with zero attached hydrogens (tertiary/aromatic N) is 3. The molecule has 2 N–H and O–H groups in total. The van der Waals surface area contributed by atoms with Crippen molar-refractivity contribution in [1.29, 1.82) is 0 Å². The van der Waals surface area contributed by atoms with E-state index in [1.807, 2.05) is 42.7 Å². The molecule has 0 aliphatic carbocycles. The van der Waals surface area contributed by atoms with E-state index in [9.17, 15) is 9.59 Å². The quantitative estimate of drug-likeness (QED) is 0.627. The molecule has 0 saturated carbocycles. The van der Waals surface area contributed by atoms with Gasteiger partial charge in [0, 0.05) is 24.0 Å². The molecular formula is C20H21N5O2S. The van der Waals surface area contributed by atoms with Crippen LogP contribution in [0.4, 0.5) is 5.69 Å². The Morgan fingerprint density at radius 3 is 2.61 bits per heavy atom. The first-order valence-corrected chi connectivity index (χ1v) is 9.70. The SMILES string of the molecule is CNC(=O)c1cccc(NC(=O)CSc2nnc(C)n2-c2cccc(C)c2)c1. The molecule has 0 spiro atoms. The van der Waals surface area contributed by atoms with Crippen molar-refractivity contribution in [2.24, 2.45) is 0 Å². The average Bonchev–Trinajstić information content (AvgIpc) is 3.06. The Kier molecular flexibility index (Phi) is 6.10. The second-order valence-corrected chi connectivity index (χ2v) is 7.14. The van der Waals surface area contributed by atoms with Crippen LogP contribution in [0.25, 0.3) is 5.69 Å². The summed E-state index contributed by atoms with van der Waals surface area (Å²) in [7, 11) is 1.57. The van der Waals surface area contributed by atoms with Crippen molar-refractivity contribution in [2.75, 3.05) is 18.1 Å². The molecule has 8 heteroatoms. The summed E-state index contributed by atoms with van der Waals surface area (Å²) < 4.78 is 1.93. The van der Waals surface area contributed by atoms with Gasteiger partial charge in [0.15, 0.2) is 5.16 Å². The summed E-state index contributed by atoms with van der Waals surface area (Å²) in [5.74, 6) is 0.545. The Morgan fingerprint density at radius 2 is 1.86 bits per heavy atom. The van der Waals surface area contributed by atoms with Crippen LogP contribution in [0.1, 0.15) is 21.7 Å².